The molecule has 124 valence electrons. The summed E-state index contributed by atoms with van der Waals surface area (Å²) in [7, 11) is 1.34. The summed E-state index contributed by atoms with van der Waals surface area (Å²) in [5.41, 5.74) is 1.80. The van der Waals surface area contributed by atoms with Crippen molar-refractivity contribution in [3.63, 3.8) is 0 Å². The second-order valence-corrected chi connectivity index (χ2v) is 5.27. The van der Waals surface area contributed by atoms with Crippen molar-refractivity contribution in [2.24, 2.45) is 0 Å². The molecule has 1 heterocycles. The molecule has 2 aliphatic rings. The molecule has 1 aliphatic carbocycles. The van der Waals surface area contributed by atoms with Gasteiger partial charge >= 0.3 is 5.97 Å². The van der Waals surface area contributed by atoms with Crippen LogP contribution in [0.3, 0.4) is 0 Å². The van der Waals surface area contributed by atoms with E-state index in [9.17, 15) is 9.59 Å². The van der Waals surface area contributed by atoms with Gasteiger partial charge in [0, 0.05) is 5.57 Å². The van der Waals surface area contributed by atoms with Crippen LogP contribution in [0.5, 0.6) is 5.75 Å². The molecule has 4 nitrogen and oxygen atoms in total. The van der Waals surface area contributed by atoms with Crippen LogP contribution in [-0.2, 0) is 16.0 Å². The van der Waals surface area contributed by atoms with Crippen LogP contribution in [-0.4, -0.2) is 25.0 Å². The Kier molecular flexibility index (Phi) is 5.90. The quantitative estimate of drug-likeness (QED) is 0.616. The third-order valence-corrected chi connectivity index (χ3v) is 3.42. The number of benzene rings is 1. The van der Waals surface area contributed by atoms with Crippen LogP contribution in [0.15, 0.2) is 66.8 Å². The molecule has 0 saturated carbocycles. The molecule has 0 aromatic heterocycles. The SMILES string of the molecule is C=CC.COC(=O)Cc1ccc2c(c1)C(=O)C1=CC(C=CC=C1)O2. The first-order valence-corrected chi connectivity index (χ1v) is 7.64. The average molecular weight is 324 g/mol. The predicted octanol–water partition coefficient (Wildman–Crippen LogP) is 3.59. The zero-order valence-corrected chi connectivity index (χ0v) is 13.8. The average Bonchev–Trinajstić information content (AvgIpc) is 2.88. The number of carbonyl (C=O) groups is 2. The highest BCUT2D eigenvalue weighted by molar-refractivity contribution is 6.12. The van der Waals surface area contributed by atoms with E-state index in [-0.39, 0.29) is 24.3 Å². The van der Waals surface area contributed by atoms with Gasteiger partial charge in [-0.25, -0.2) is 0 Å². The minimum Gasteiger partial charge on any atom is -0.481 e. The number of ether oxygens (including phenoxy) is 2. The molecule has 1 atom stereocenters. The standard InChI is InChI=1S/C17H14O4.C3H6/c1-20-16(18)9-11-6-7-15-14(8-11)17(19)12-4-2-3-5-13(10-12)21-15;1-3-2/h2-8,10,13H,9H2,1H3;3H,1H2,2H3. The summed E-state index contributed by atoms with van der Waals surface area (Å²) in [5.74, 6) is 0.0958. The summed E-state index contributed by atoms with van der Waals surface area (Å²) in [6.45, 7) is 5.25. The predicted molar refractivity (Wildman–Crippen MR) is 93.1 cm³/mol. The fourth-order valence-electron chi connectivity index (χ4n) is 2.35. The van der Waals surface area contributed by atoms with Crippen LogP contribution in [0.2, 0.25) is 0 Å². The molecule has 0 spiro atoms. The van der Waals surface area contributed by atoms with E-state index in [2.05, 4.69) is 11.3 Å². The largest absolute Gasteiger partial charge is 0.481 e. The van der Waals surface area contributed by atoms with E-state index in [1.54, 1.807) is 36.4 Å². The third kappa shape index (κ3) is 4.10. The number of allylic oxidation sites excluding steroid dienone is 5. The molecular weight excluding hydrogens is 304 g/mol. The Morgan fingerprint density at radius 1 is 1.38 bits per heavy atom. The number of esters is 1. The number of fused-ring (bicyclic) bond motifs is 2. The zero-order chi connectivity index (χ0) is 17.5. The monoisotopic (exact) mass is 324 g/mol. The second-order valence-electron chi connectivity index (χ2n) is 5.27. The number of Topliss-reactive ketones (excluding diaryl/α,β-unsaturated/α-hetero) is 1. The molecule has 1 aromatic rings. The van der Waals surface area contributed by atoms with Gasteiger partial charge < -0.3 is 9.47 Å². The molecule has 0 amide bonds. The zero-order valence-electron chi connectivity index (χ0n) is 13.8. The van der Waals surface area contributed by atoms with Gasteiger partial charge in [-0.2, -0.15) is 0 Å². The Morgan fingerprint density at radius 2 is 2.12 bits per heavy atom. The van der Waals surface area contributed by atoms with Crippen LogP contribution in [0.1, 0.15) is 22.8 Å². The number of hydrogen-bond donors (Lipinski definition) is 0. The highest BCUT2D eigenvalue weighted by Crippen LogP contribution is 2.29. The molecule has 1 aromatic carbocycles. The van der Waals surface area contributed by atoms with Crippen molar-refractivity contribution in [2.75, 3.05) is 7.11 Å². The van der Waals surface area contributed by atoms with E-state index in [0.29, 0.717) is 16.9 Å². The van der Waals surface area contributed by atoms with E-state index in [0.717, 1.165) is 5.56 Å². The summed E-state index contributed by atoms with van der Waals surface area (Å²) in [6.07, 6.45) is 10.7. The molecule has 1 unspecified atom stereocenters. The summed E-state index contributed by atoms with van der Waals surface area (Å²) >= 11 is 0. The molecule has 0 fully saturated rings. The first kappa shape index (κ1) is 17.5. The summed E-state index contributed by atoms with van der Waals surface area (Å²) < 4.78 is 10.5. The molecule has 4 heteroatoms. The van der Waals surface area contributed by atoms with Gasteiger partial charge in [0.15, 0.2) is 5.78 Å². The van der Waals surface area contributed by atoms with E-state index in [1.807, 2.05) is 25.2 Å². The summed E-state index contributed by atoms with van der Waals surface area (Å²) in [5, 5.41) is 0. The fraction of sp³-hybridized carbons (Fsp3) is 0.200. The Morgan fingerprint density at radius 3 is 2.83 bits per heavy atom. The molecule has 0 saturated heterocycles. The minimum absolute atomic E-state index is 0.0980. The molecule has 0 N–H and O–H groups in total. The van der Waals surface area contributed by atoms with Crippen molar-refractivity contribution in [3.8, 4) is 5.75 Å². The van der Waals surface area contributed by atoms with Gasteiger partial charge in [-0.3, -0.25) is 9.59 Å². The lowest BCUT2D eigenvalue weighted by Crippen LogP contribution is -2.10. The van der Waals surface area contributed by atoms with Gasteiger partial charge in [0.05, 0.1) is 19.1 Å². The molecule has 1 aliphatic heterocycles. The maximum Gasteiger partial charge on any atom is 0.309 e. The molecule has 3 rings (SSSR count). The Balaban J connectivity index is 0.000000647. The number of ketones is 1. The van der Waals surface area contributed by atoms with Crippen molar-refractivity contribution in [2.45, 2.75) is 19.4 Å². The van der Waals surface area contributed by atoms with Gasteiger partial charge in [0.25, 0.3) is 0 Å². The van der Waals surface area contributed by atoms with E-state index < -0.39 is 0 Å². The summed E-state index contributed by atoms with van der Waals surface area (Å²) in [6, 6.07) is 5.20. The first-order chi connectivity index (χ1) is 11.6. The second kappa shape index (κ2) is 8.11. The van der Waals surface area contributed by atoms with Gasteiger partial charge in [-0.1, -0.05) is 30.4 Å². The van der Waals surface area contributed by atoms with Gasteiger partial charge in [0.2, 0.25) is 0 Å². The topological polar surface area (TPSA) is 52.6 Å². The van der Waals surface area contributed by atoms with Crippen molar-refractivity contribution in [1.82, 2.24) is 0 Å². The number of carbonyl (C=O) groups excluding carboxylic acids is 2. The van der Waals surface area contributed by atoms with Crippen LogP contribution in [0.4, 0.5) is 0 Å². The van der Waals surface area contributed by atoms with Crippen molar-refractivity contribution >= 4 is 11.8 Å². The summed E-state index contributed by atoms with van der Waals surface area (Å²) in [4.78, 5) is 23.9. The minimum atomic E-state index is -0.338. The van der Waals surface area contributed by atoms with E-state index in [1.165, 1.54) is 7.11 Å². The van der Waals surface area contributed by atoms with Crippen molar-refractivity contribution < 1.29 is 19.1 Å². The Bertz CT molecular complexity index is 738. The highest BCUT2D eigenvalue weighted by atomic mass is 16.5. The Labute approximate surface area is 141 Å². The normalized spacial score (nSPS) is 17.2. The maximum atomic E-state index is 12.6. The third-order valence-electron chi connectivity index (χ3n) is 3.42. The lowest BCUT2D eigenvalue weighted by atomic mass is 9.99. The van der Waals surface area contributed by atoms with Crippen LogP contribution >= 0.6 is 0 Å². The van der Waals surface area contributed by atoms with Gasteiger partial charge in [-0.15, -0.1) is 6.58 Å². The van der Waals surface area contributed by atoms with Crippen LogP contribution < -0.4 is 4.74 Å². The highest BCUT2D eigenvalue weighted by Gasteiger charge is 2.23. The Hall–Kier alpha value is -2.88. The lowest BCUT2D eigenvalue weighted by Gasteiger charge is -2.13. The van der Waals surface area contributed by atoms with Crippen molar-refractivity contribution in [1.29, 1.82) is 0 Å². The molecular formula is C20H20O4. The maximum absolute atomic E-state index is 12.6. The van der Waals surface area contributed by atoms with E-state index >= 15 is 0 Å². The molecule has 2 bridgehead atoms. The lowest BCUT2D eigenvalue weighted by molar-refractivity contribution is -0.139. The number of rotatable bonds is 2. The number of hydrogen-bond acceptors (Lipinski definition) is 4. The van der Waals surface area contributed by atoms with Crippen LogP contribution in [0, 0.1) is 0 Å². The smallest absolute Gasteiger partial charge is 0.309 e. The van der Waals surface area contributed by atoms with Crippen LogP contribution in [0.25, 0.3) is 0 Å². The fourth-order valence-corrected chi connectivity index (χ4v) is 2.35. The van der Waals surface area contributed by atoms with Gasteiger partial charge in [-0.05, 0) is 36.8 Å². The van der Waals surface area contributed by atoms with Gasteiger partial charge in [0.1, 0.15) is 11.9 Å². The number of methoxy groups -OCH3 is 1. The molecule has 24 heavy (non-hydrogen) atoms. The van der Waals surface area contributed by atoms with Crippen molar-refractivity contribution in [3.05, 3.63) is 77.9 Å². The molecule has 0 radical (unpaired) electrons. The first-order valence-electron chi connectivity index (χ1n) is 7.64. The van der Waals surface area contributed by atoms with E-state index in [4.69, 9.17) is 4.74 Å².